The van der Waals surface area contributed by atoms with E-state index in [0.29, 0.717) is 17.7 Å². The Kier molecular flexibility index (Phi) is 4.01. The molecule has 1 saturated heterocycles. The molecule has 3 nitrogen and oxygen atoms in total. The summed E-state index contributed by atoms with van der Waals surface area (Å²) in [6.07, 6.45) is 1.60. The van der Waals surface area contributed by atoms with Crippen molar-refractivity contribution in [1.29, 1.82) is 0 Å². The van der Waals surface area contributed by atoms with Crippen LogP contribution >= 0.6 is 15.9 Å². The molecule has 94 valence electrons. The molecule has 1 atom stereocenters. The van der Waals surface area contributed by atoms with Crippen molar-refractivity contribution in [3.63, 3.8) is 0 Å². The van der Waals surface area contributed by atoms with Gasteiger partial charge >= 0.3 is 0 Å². The zero-order chi connectivity index (χ0) is 12.4. The van der Waals surface area contributed by atoms with Crippen LogP contribution in [0.5, 0.6) is 5.75 Å². The summed E-state index contributed by atoms with van der Waals surface area (Å²) in [5, 5.41) is 9.88. The number of rotatable bonds is 2. The fourth-order valence-corrected chi connectivity index (χ4v) is 2.53. The van der Waals surface area contributed by atoms with Crippen LogP contribution in [0.4, 0.5) is 4.39 Å². The minimum absolute atomic E-state index is 0.0935. The number of benzene rings is 1. The average molecular weight is 304 g/mol. The van der Waals surface area contributed by atoms with E-state index in [1.54, 1.807) is 0 Å². The van der Waals surface area contributed by atoms with Crippen LogP contribution in [0.1, 0.15) is 24.4 Å². The molecule has 3 N–H and O–H groups in total. The van der Waals surface area contributed by atoms with Gasteiger partial charge in [-0.15, -0.1) is 0 Å². The molecule has 1 aromatic carbocycles. The summed E-state index contributed by atoms with van der Waals surface area (Å²) < 4.78 is 19.5. The second-order valence-electron chi connectivity index (χ2n) is 4.27. The molecule has 1 aliphatic rings. The highest BCUT2D eigenvalue weighted by molar-refractivity contribution is 9.10. The zero-order valence-electron chi connectivity index (χ0n) is 9.33. The minimum Gasteiger partial charge on any atom is -0.506 e. The van der Waals surface area contributed by atoms with Crippen LogP contribution in [0, 0.1) is 11.7 Å². The van der Waals surface area contributed by atoms with Gasteiger partial charge in [-0.1, -0.05) is 0 Å². The van der Waals surface area contributed by atoms with Crippen LogP contribution in [0.25, 0.3) is 0 Å². The summed E-state index contributed by atoms with van der Waals surface area (Å²) in [6.45, 7) is 1.30. The molecule has 0 radical (unpaired) electrons. The lowest BCUT2D eigenvalue weighted by Crippen LogP contribution is -2.28. The molecule has 5 heteroatoms. The van der Waals surface area contributed by atoms with Crippen molar-refractivity contribution < 1.29 is 14.2 Å². The maximum atomic E-state index is 13.7. The highest BCUT2D eigenvalue weighted by Gasteiger charge is 2.27. The van der Waals surface area contributed by atoms with E-state index in [1.807, 2.05) is 0 Å². The van der Waals surface area contributed by atoms with Crippen LogP contribution in [0.15, 0.2) is 16.6 Å². The predicted molar refractivity (Wildman–Crippen MR) is 66.2 cm³/mol. The standard InChI is InChI=1S/C12H15BrFNO2/c13-8-1-2-9(14)10(12(8)16)11(15)7-3-5-17-6-4-7/h1-2,7,11,16H,3-6,15H2/t11-/m1/s1. The van der Waals surface area contributed by atoms with Gasteiger partial charge in [0.15, 0.2) is 0 Å². The first-order chi connectivity index (χ1) is 8.11. The average Bonchev–Trinajstić information content (AvgIpc) is 2.35. The lowest BCUT2D eigenvalue weighted by Gasteiger charge is -2.28. The van der Waals surface area contributed by atoms with Crippen molar-refractivity contribution in [2.75, 3.05) is 13.2 Å². The molecule has 0 unspecified atom stereocenters. The normalized spacial score (nSPS) is 19.2. The molecule has 1 heterocycles. The van der Waals surface area contributed by atoms with Crippen molar-refractivity contribution in [3.05, 3.63) is 28.0 Å². The quantitative estimate of drug-likeness (QED) is 0.883. The second kappa shape index (κ2) is 5.33. The van der Waals surface area contributed by atoms with Crippen molar-refractivity contribution in [1.82, 2.24) is 0 Å². The third-order valence-corrected chi connectivity index (χ3v) is 3.86. The minimum atomic E-state index is -0.489. The van der Waals surface area contributed by atoms with Gasteiger partial charge in [-0.3, -0.25) is 0 Å². The second-order valence-corrected chi connectivity index (χ2v) is 5.12. The fraction of sp³-hybridized carbons (Fsp3) is 0.500. The van der Waals surface area contributed by atoms with Gasteiger partial charge in [-0.25, -0.2) is 4.39 Å². The van der Waals surface area contributed by atoms with Crippen LogP contribution < -0.4 is 5.73 Å². The first kappa shape index (κ1) is 12.8. The SMILES string of the molecule is N[C@@H](c1c(F)ccc(Br)c1O)C1CCOCC1. The third kappa shape index (κ3) is 2.61. The van der Waals surface area contributed by atoms with E-state index in [4.69, 9.17) is 10.5 Å². The number of hydrogen-bond donors (Lipinski definition) is 2. The maximum Gasteiger partial charge on any atom is 0.137 e. The molecule has 1 aliphatic heterocycles. The van der Waals surface area contributed by atoms with E-state index >= 15 is 0 Å². The van der Waals surface area contributed by atoms with Gasteiger partial charge < -0.3 is 15.6 Å². The fourth-order valence-electron chi connectivity index (χ4n) is 2.18. The van der Waals surface area contributed by atoms with Crippen LogP contribution in [0.2, 0.25) is 0 Å². The molecule has 0 saturated carbocycles. The first-order valence-electron chi connectivity index (χ1n) is 5.61. The summed E-state index contributed by atoms with van der Waals surface area (Å²) in [6, 6.07) is 2.31. The van der Waals surface area contributed by atoms with Crippen LogP contribution in [0.3, 0.4) is 0 Å². The topological polar surface area (TPSA) is 55.5 Å². The summed E-state index contributed by atoms with van der Waals surface area (Å²) in [4.78, 5) is 0. The molecule has 17 heavy (non-hydrogen) atoms. The van der Waals surface area contributed by atoms with Crippen LogP contribution in [-0.4, -0.2) is 18.3 Å². The Morgan fingerprint density at radius 1 is 1.41 bits per heavy atom. The van der Waals surface area contributed by atoms with Gasteiger partial charge in [0.05, 0.1) is 4.47 Å². The Morgan fingerprint density at radius 2 is 2.06 bits per heavy atom. The third-order valence-electron chi connectivity index (χ3n) is 3.22. The number of ether oxygens (including phenoxy) is 1. The molecule has 2 rings (SSSR count). The first-order valence-corrected chi connectivity index (χ1v) is 6.40. The Bertz CT molecular complexity index is 408. The van der Waals surface area contributed by atoms with Gasteiger partial charge in [-0.05, 0) is 46.8 Å². The van der Waals surface area contributed by atoms with Gasteiger partial charge in [-0.2, -0.15) is 0 Å². The zero-order valence-corrected chi connectivity index (χ0v) is 10.9. The van der Waals surface area contributed by atoms with Crippen molar-refractivity contribution >= 4 is 15.9 Å². The van der Waals surface area contributed by atoms with E-state index in [2.05, 4.69) is 15.9 Å². The number of nitrogens with two attached hydrogens (primary N) is 1. The maximum absolute atomic E-state index is 13.7. The molecule has 0 bridgehead atoms. The number of phenols is 1. The van der Waals surface area contributed by atoms with Gasteiger partial charge in [0.1, 0.15) is 11.6 Å². The van der Waals surface area contributed by atoms with E-state index in [0.717, 1.165) is 12.8 Å². The lowest BCUT2D eigenvalue weighted by molar-refractivity contribution is 0.0577. The number of aromatic hydroxyl groups is 1. The summed E-state index contributed by atoms with van der Waals surface area (Å²) in [7, 11) is 0. The van der Waals surface area contributed by atoms with E-state index in [9.17, 15) is 9.50 Å². The molecule has 0 aliphatic carbocycles. The number of phenolic OH excluding ortho intramolecular Hbond substituents is 1. The predicted octanol–water partition coefficient (Wildman–Crippen LogP) is 2.72. The lowest BCUT2D eigenvalue weighted by atomic mass is 9.87. The Labute approximate surface area is 108 Å². The van der Waals surface area contributed by atoms with Gasteiger partial charge in [0, 0.05) is 24.8 Å². The Morgan fingerprint density at radius 3 is 2.71 bits per heavy atom. The highest BCUT2D eigenvalue weighted by Crippen LogP contribution is 2.38. The summed E-state index contributed by atoms with van der Waals surface area (Å²) in [5.41, 5.74) is 6.26. The summed E-state index contributed by atoms with van der Waals surface area (Å²) in [5.74, 6) is -0.396. The Balaban J connectivity index is 2.29. The largest absolute Gasteiger partial charge is 0.506 e. The molecule has 1 aromatic rings. The van der Waals surface area contributed by atoms with E-state index < -0.39 is 11.9 Å². The van der Waals surface area contributed by atoms with Crippen molar-refractivity contribution in [2.45, 2.75) is 18.9 Å². The number of halogens is 2. The van der Waals surface area contributed by atoms with Gasteiger partial charge in [0.2, 0.25) is 0 Å². The number of hydrogen-bond acceptors (Lipinski definition) is 3. The van der Waals surface area contributed by atoms with Crippen molar-refractivity contribution in [3.8, 4) is 5.75 Å². The van der Waals surface area contributed by atoms with Crippen molar-refractivity contribution in [2.24, 2.45) is 11.7 Å². The molecular weight excluding hydrogens is 289 g/mol. The van der Waals surface area contributed by atoms with E-state index in [-0.39, 0.29) is 17.2 Å². The van der Waals surface area contributed by atoms with E-state index in [1.165, 1.54) is 12.1 Å². The molecule has 0 spiro atoms. The van der Waals surface area contributed by atoms with Gasteiger partial charge in [0.25, 0.3) is 0 Å². The smallest absolute Gasteiger partial charge is 0.137 e. The molecular formula is C12H15BrFNO2. The Hall–Kier alpha value is -0.650. The molecule has 1 fully saturated rings. The van der Waals surface area contributed by atoms with Crippen LogP contribution in [-0.2, 0) is 4.74 Å². The monoisotopic (exact) mass is 303 g/mol. The molecule has 0 aromatic heterocycles. The molecule has 0 amide bonds. The highest BCUT2D eigenvalue weighted by atomic mass is 79.9. The summed E-state index contributed by atoms with van der Waals surface area (Å²) >= 11 is 3.18.